The number of anilines is 1. The molecule has 1 amide bonds. The van der Waals surface area contributed by atoms with Crippen LogP contribution < -0.4 is 11.1 Å². The lowest BCUT2D eigenvalue weighted by Gasteiger charge is -2.03. The van der Waals surface area contributed by atoms with E-state index in [9.17, 15) is 4.79 Å². The highest BCUT2D eigenvalue weighted by Gasteiger charge is 2.03. The van der Waals surface area contributed by atoms with Crippen LogP contribution in [-0.4, -0.2) is 12.5 Å². The highest BCUT2D eigenvalue weighted by Crippen LogP contribution is 2.05. The topological polar surface area (TPSA) is 55.1 Å². The smallest absolute Gasteiger partial charge is 0.251 e. The van der Waals surface area contributed by atoms with Gasteiger partial charge in [0.25, 0.3) is 5.91 Å². The van der Waals surface area contributed by atoms with Crippen LogP contribution in [0.2, 0.25) is 0 Å². The molecule has 0 aliphatic rings. The minimum absolute atomic E-state index is 0.0974. The predicted molar refractivity (Wildman–Crippen MR) is 62.6 cm³/mol. The predicted octanol–water partition coefficient (Wildman–Crippen LogP) is 1.96. The van der Waals surface area contributed by atoms with Gasteiger partial charge in [-0.2, -0.15) is 0 Å². The molecule has 0 atom stereocenters. The Morgan fingerprint density at radius 2 is 2.20 bits per heavy atom. The molecule has 3 heteroatoms. The minimum Gasteiger partial charge on any atom is -0.399 e. The molecule has 3 N–H and O–H groups in total. The number of hydrogen-bond acceptors (Lipinski definition) is 2. The second-order valence-electron chi connectivity index (χ2n) is 3.62. The first kappa shape index (κ1) is 11.3. The number of nitrogens with one attached hydrogen (secondary N) is 1. The number of allylic oxidation sites excluding steroid dienone is 1. The van der Waals surface area contributed by atoms with Crippen LogP contribution in [0.5, 0.6) is 0 Å². The molecule has 0 saturated carbocycles. The highest BCUT2D eigenvalue weighted by molar-refractivity contribution is 5.95. The number of amides is 1. The lowest BCUT2D eigenvalue weighted by molar-refractivity contribution is 0.0958. The second kappa shape index (κ2) is 5.20. The quantitative estimate of drug-likeness (QED) is 0.584. The van der Waals surface area contributed by atoms with E-state index in [4.69, 9.17) is 5.73 Å². The van der Waals surface area contributed by atoms with Crippen molar-refractivity contribution in [3.63, 3.8) is 0 Å². The molecule has 0 unspecified atom stereocenters. The van der Waals surface area contributed by atoms with Crippen molar-refractivity contribution in [2.45, 2.75) is 13.8 Å². The fourth-order valence-corrected chi connectivity index (χ4v) is 1.13. The van der Waals surface area contributed by atoms with Crippen LogP contribution in [0.3, 0.4) is 0 Å². The van der Waals surface area contributed by atoms with E-state index in [1.165, 1.54) is 5.57 Å². The van der Waals surface area contributed by atoms with E-state index in [0.29, 0.717) is 17.8 Å². The van der Waals surface area contributed by atoms with Gasteiger partial charge in [0.05, 0.1) is 0 Å². The maximum Gasteiger partial charge on any atom is 0.251 e. The summed E-state index contributed by atoms with van der Waals surface area (Å²) in [5, 5.41) is 2.79. The Kier molecular flexibility index (Phi) is 3.92. The normalized spacial score (nSPS) is 9.47. The number of carbonyl (C=O) groups is 1. The first-order valence-corrected chi connectivity index (χ1v) is 4.86. The number of nitrogens with two attached hydrogens (primary N) is 1. The van der Waals surface area contributed by atoms with Gasteiger partial charge in [0.1, 0.15) is 0 Å². The van der Waals surface area contributed by atoms with Crippen molar-refractivity contribution >= 4 is 11.6 Å². The molecule has 0 bridgehead atoms. The van der Waals surface area contributed by atoms with Crippen LogP contribution in [0.15, 0.2) is 35.9 Å². The van der Waals surface area contributed by atoms with Gasteiger partial charge in [-0.05, 0) is 32.0 Å². The van der Waals surface area contributed by atoms with Gasteiger partial charge in [-0.25, -0.2) is 0 Å². The molecule has 0 radical (unpaired) electrons. The molecule has 80 valence electrons. The zero-order valence-corrected chi connectivity index (χ0v) is 9.08. The van der Waals surface area contributed by atoms with Gasteiger partial charge >= 0.3 is 0 Å². The fraction of sp³-hybridized carbons (Fsp3) is 0.250. The van der Waals surface area contributed by atoms with Gasteiger partial charge in [-0.3, -0.25) is 4.79 Å². The fourth-order valence-electron chi connectivity index (χ4n) is 1.13. The van der Waals surface area contributed by atoms with Crippen LogP contribution in [-0.2, 0) is 0 Å². The third kappa shape index (κ3) is 3.85. The van der Waals surface area contributed by atoms with Crippen LogP contribution in [0, 0.1) is 0 Å². The van der Waals surface area contributed by atoms with Gasteiger partial charge in [-0.15, -0.1) is 0 Å². The van der Waals surface area contributed by atoms with E-state index in [-0.39, 0.29) is 5.91 Å². The van der Waals surface area contributed by atoms with Crippen molar-refractivity contribution in [1.82, 2.24) is 5.32 Å². The first-order chi connectivity index (χ1) is 7.09. The van der Waals surface area contributed by atoms with Crippen molar-refractivity contribution in [3.05, 3.63) is 41.5 Å². The summed E-state index contributed by atoms with van der Waals surface area (Å²) in [5.41, 5.74) is 7.96. The van der Waals surface area contributed by atoms with Gasteiger partial charge in [-0.1, -0.05) is 17.7 Å². The summed E-state index contributed by atoms with van der Waals surface area (Å²) in [6, 6.07) is 6.93. The van der Waals surface area contributed by atoms with Crippen LogP contribution in [0.1, 0.15) is 24.2 Å². The minimum atomic E-state index is -0.0974. The molecular formula is C12H16N2O. The molecule has 0 aliphatic carbocycles. The average Bonchev–Trinajstić information content (AvgIpc) is 2.17. The van der Waals surface area contributed by atoms with Gasteiger partial charge in [0, 0.05) is 17.8 Å². The molecule has 0 saturated heterocycles. The Hall–Kier alpha value is -1.77. The van der Waals surface area contributed by atoms with Crippen LogP contribution in [0.25, 0.3) is 0 Å². The second-order valence-corrected chi connectivity index (χ2v) is 3.62. The zero-order valence-electron chi connectivity index (χ0n) is 9.08. The van der Waals surface area contributed by atoms with Crippen LogP contribution in [0.4, 0.5) is 5.69 Å². The molecule has 0 heterocycles. The van der Waals surface area contributed by atoms with Crippen molar-refractivity contribution in [1.29, 1.82) is 0 Å². The summed E-state index contributed by atoms with van der Waals surface area (Å²) < 4.78 is 0. The summed E-state index contributed by atoms with van der Waals surface area (Å²) in [6.07, 6.45) is 1.96. The summed E-state index contributed by atoms with van der Waals surface area (Å²) in [6.45, 7) is 4.54. The van der Waals surface area contributed by atoms with E-state index in [1.807, 2.05) is 19.9 Å². The first-order valence-electron chi connectivity index (χ1n) is 4.86. The Labute approximate surface area is 90.0 Å². The zero-order chi connectivity index (χ0) is 11.3. The highest BCUT2D eigenvalue weighted by atomic mass is 16.1. The third-order valence-corrected chi connectivity index (χ3v) is 1.92. The Bertz CT molecular complexity index is 379. The number of rotatable bonds is 3. The molecule has 1 aromatic rings. The summed E-state index contributed by atoms with van der Waals surface area (Å²) in [4.78, 5) is 11.6. The molecule has 0 spiro atoms. The molecule has 0 fully saturated rings. The maximum absolute atomic E-state index is 11.6. The Morgan fingerprint density at radius 3 is 2.80 bits per heavy atom. The van der Waals surface area contributed by atoms with Gasteiger partial charge in [0.15, 0.2) is 0 Å². The molecule has 3 nitrogen and oxygen atoms in total. The summed E-state index contributed by atoms with van der Waals surface area (Å²) >= 11 is 0. The largest absolute Gasteiger partial charge is 0.399 e. The standard InChI is InChI=1S/C12H16N2O/c1-9(2)6-7-14-12(15)10-4-3-5-11(13)8-10/h3-6,8H,7,13H2,1-2H3,(H,14,15). The SMILES string of the molecule is CC(C)=CCNC(=O)c1cccc(N)c1. The maximum atomic E-state index is 11.6. The van der Waals surface area contributed by atoms with Gasteiger partial charge in [0.2, 0.25) is 0 Å². The monoisotopic (exact) mass is 204 g/mol. The average molecular weight is 204 g/mol. The van der Waals surface area contributed by atoms with Crippen molar-refractivity contribution in [2.24, 2.45) is 0 Å². The third-order valence-electron chi connectivity index (χ3n) is 1.92. The van der Waals surface area contributed by atoms with E-state index in [0.717, 1.165) is 0 Å². The van der Waals surface area contributed by atoms with Crippen molar-refractivity contribution in [2.75, 3.05) is 12.3 Å². The number of hydrogen-bond donors (Lipinski definition) is 2. The Morgan fingerprint density at radius 1 is 1.47 bits per heavy atom. The van der Waals surface area contributed by atoms with E-state index >= 15 is 0 Å². The van der Waals surface area contributed by atoms with E-state index in [2.05, 4.69) is 5.32 Å². The number of carbonyl (C=O) groups excluding carboxylic acids is 1. The summed E-state index contributed by atoms with van der Waals surface area (Å²) in [5.74, 6) is -0.0974. The number of benzene rings is 1. The van der Waals surface area contributed by atoms with Crippen molar-refractivity contribution < 1.29 is 4.79 Å². The lowest BCUT2D eigenvalue weighted by atomic mass is 10.2. The van der Waals surface area contributed by atoms with Gasteiger partial charge < -0.3 is 11.1 Å². The van der Waals surface area contributed by atoms with E-state index in [1.54, 1.807) is 24.3 Å². The molecular weight excluding hydrogens is 188 g/mol. The molecule has 0 aromatic heterocycles. The summed E-state index contributed by atoms with van der Waals surface area (Å²) in [7, 11) is 0. The molecule has 1 aromatic carbocycles. The molecule has 0 aliphatic heterocycles. The lowest BCUT2D eigenvalue weighted by Crippen LogP contribution is -2.23. The molecule has 1 rings (SSSR count). The van der Waals surface area contributed by atoms with Crippen LogP contribution >= 0.6 is 0 Å². The number of nitrogen functional groups attached to an aromatic ring is 1. The molecule has 15 heavy (non-hydrogen) atoms. The van der Waals surface area contributed by atoms with E-state index < -0.39 is 0 Å². The Balaban J connectivity index is 2.58. The van der Waals surface area contributed by atoms with Crippen molar-refractivity contribution in [3.8, 4) is 0 Å².